The lowest BCUT2D eigenvalue weighted by atomic mass is 9.99. The van der Waals surface area contributed by atoms with E-state index in [1.807, 2.05) is 18.3 Å². The Balaban J connectivity index is 1.67. The van der Waals surface area contributed by atoms with Crippen LogP contribution in [-0.4, -0.2) is 20.9 Å². The molecule has 4 heterocycles. The summed E-state index contributed by atoms with van der Waals surface area (Å²) in [6.07, 6.45) is 5.72. The molecule has 4 rings (SSSR count). The van der Waals surface area contributed by atoms with E-state index < -0.39 is 0 Å². The van der Waals surface area contributed by atoms with Gasteiger partial charge in [0.05, 0.1) is 5.69 Å². The van der Waals surface area contributed by atoms with Gasteiger partial charge in [-0.2, -0.15) is 0 Å². The molecule has 0 saturated carbocycles. The van der Waals surface area contributed by atoms with Crippen molar-refractivity contribution in [3.05, 3.63) is 45.2 Å². The fourth-order valence-electron chi connectivity index (χ4n) is 3.65. The topological polar surface area (TPSA) is 29.0 Å². The fourth-order valence-corrected chi connectivity index (χ4v) is 4.57. The summed E-state index contributed by atoms with van der Waals surface area (Å²) in [5.41, 5.74) is 4.10. The van der Waals surface area contributed by atoms with Crippen LogP contribution in [0.5, 0.6) is 0 Å². The fraction of sp³-hybridized carbons (Fsp3) is 0.500. The van der Waals surface area contributed by atoms with Crippen molar-refractivity contribution in [3.63, 3.8) is 0 Å². The Bertz CT molecular complexity index is 649. The summed E-state index contributed by atoms with van der Waals surface area (Å²) in [5, 5.41) is 2.21. The van der Waals surface area contributed by atoms with E-state index in [4.69, 9.17) is 0 Å². The van der Waals surface area contributed by atoms with Crippen LogP contribution in [0.1, 0.15) is 46.4 Å². The number of hydrogen-bond acceptors (Lipinski definition) is 4. The van der Waals surface area contributed by atoms with Crippen LogP contribution in [0.2, 0.25) is 0 Å². The zero-order valence-corrected chi connectivity index (χ0v) is 12.8. The molecule has 3 nitrogen and oxygen atoms in total. The highest BCUT2D eigenvalue weighted by atomic mass is 32.1. The van der Waals surface area contributed by atoms with Gasteiger partial charge in [-0.3, -0.25) is 4.90 Å². The number of aromatic nitrogens is 2. The lowest BCUT2D eigenvalue weighted by Gasteiger charge is -2.35. The molecule has 2 aromatic rings. The van der Waals surface area contributed by atoms with Crippen LogP contribution in [0.25, 0.3) is 0 Å². The van der Waals surface area contributed by atoms with E-state index in [2.05, 4.69) is 39.4 Å². The Morgan fingerprint density at radius 2 is 2.25 bits per heavy atom. The molecule has 1 saturated heterocycles. The highest BCUT2D eigenvalue weighted by Gasteiger charge is 2.40. The van der Waals surface area contributed by atoms with Gasteiger partial charge in [-0.15, -0.1) is 11.3 Å². The molecule has 2 aliphatic rings. The van der Waals surface area contributed by atoms with Crippen LogP contribution in [0, 0.1) is 13.8 Å². The Labute approximate surface area is 123 Å². The third-order valence-electron chi connectivity index (χ3n) is 4.75. The minimum Gasteiger partial charge on any atom is -0.288 e. The average Bonchev–Trinajstić information content (AvgIpc) is 2.94. The molecule has 0 aromatic carbocycles. The molecule has 104 valence electrons. The maximum absolute atomic E-state index is 4.67. The van der Waals surface area contributed by atoms with Gasteiger partial charge in [0.1, 0.15) is 5.82 Å². The lowest BCUT2D eigenvalue weighted by Crippen LogP contribution is -2.37. The van der Waals surface area contributed by atoms with Crippen molar-refractivity contribution >= 4 is 11.3 Å². The first-order chi connectivity index (χ1) is 9.72. The van der Waals surface area contributed by atoms with Gasteiger partial charge < -0.3 is 0 Å². The smallest absolute Gasteiger partial charge is 0.125 e. The Hall–Kier alpha value is -1.26. The molecule has 0 amide bonds. The predicted octanol–water partition coefficient (Wildman–Crippen LogP) is 3.42. The van der Waals surface area contributed by atoms with Crippen molar-refractivity contribution in [3.8, 4) is 0 Å². The number of rotatable bonds is 2. The summed E-state index contributed by atoms with van der Waals surface area (Å²) < 4.78 is 0. The molecule has 0 aliphatic carbocycles. The van der Waals surface area contributed by atoms with Gasteiger partial charge in [0, 0.05) is 41.7 Å². The molecule has 2 aliphatic heterocycles. The largest absolute Gasteiger partial charge is 0.288 e. The molecule has 1 fully saturated rings. The molecular weight excluding hydrogens is 266 g/mol. The van der Waals surface area contributed by atoms with E-state index >= 15 is 0 Å². The Kier molecular flexibility index (Phi) is 2.89. The Morgan fingerprint density at radius 1 is 1.35 bits per heavy atom. The molecular formula is C16H19N3S. The lowest BCUT2D eigenvalue weighted by molar-refractivity contribution is 0.167. The summed E-state index contributed by atoms with van der Waals surface area (Å²) >= 11 is 1.89. The van der Waals surface area contributed by atoms with Crippen LogP contribution in [0.3, 0.4) is 0 Å². The number of aryl methyl sites for hydroxylation is 2. The molecule has 2 bridgehead atoms. The van der Waals surface area contributed by atoms with Crippen molar-refractivity contribution in [1.82, 2.24) is 14.9 Å². The second kappa shape index (κ2) is 4.64. The molecule has 2 aromatic heterocycles. The van der Waals surface area contributed by atoms with Crippen molar-refractivity contribution in [2.45, 2.75) is 51.7 Å². The molecule has 0 unspecified atom stereocenters. The first-order valence-electron chi connectivity index (χ1n) is 7.33. The number of thiophene rings is 1. The second-order valence-corrected chi connectivity index (χ2v) is 6.97. The summed E-state index contributed by atoms with van der Waals surface area (Å²) in [4.78, 5) is 13.3. The monoisotopic (exact) mass is 285 g/mol. The average molecular weight is 285 g/mol. The summed E-state index contributed by atoms with van der Waals surface area (Å²) in [5.74, 6) is 0.908. The number of fused-ring (bicyclic) bond motifs is 4. The second-order valence-electron chi connectivity index (χ2n) is 5.97. The molecule has 0 radical (unpaired) electrons. The van der Waals surface area contributed by atoms with Gasteiger partial charge in [0.15, 0.2) is 0 Å². The highest BCUT2D eigenvalue weighted by molar-refractivity contribution is 7.10. The SMILES string of the molecule is Cc1ncc2c(n1)C[C@H]1CC[C@H]2N1Cc1sccc1C. The molecule has 20 heavy (non-hydrogen) atoms. The molecule has 4 heteroatoms. The number of hydrogen-bond donors (Lipinski definition) is 0. The van der Waals surface area contributed by atoms with E-state index in [1.54, 1.807) is 0 Å². The van der Waals surface area contributed by atoms with Gasteiger partial charge >= 0.3 is 0 Å². The van der Waals surface area contributed by atoms with Crippen molar-refractivity contribution in [2.24, 2.45) is 0 Å². The normalized spacial score (nSPS) is 24.9. The van der Waals surface area contributed by atoms with Crippen LogP contribution in [-0.2, 0) is 13.0 Å². The predicted molar refractivity (Wildman–Crippen MR) is 80.8 cm³/mol. The summed E-state index contributed by atoms with van der Waals surface area (Å²) in [6.45, 7) is 5.30. The van der Waals surface area contributed by atoms with Gasteiger partial charge in [0.2, 0.25) is 0 Å². The summed E-state index contributed by atoms with van der Waals surface area (Å²) in [7, 11) is 0. The van der Waals surface area contributed by atoms with E-state index in [1.165, 1.54) is 34.5 Å². The first-order valence-corrected chi connectivity index (χ1v) is 8.21. The minimum absolute atomic E-state index is 0.533. The first kappa shape index (κ1) is 12.5. The molecule has 2 atom stereocenters. The van der Waals surface area contributed by atoms with E-state index in [0.717, 1.165) is 18.8 Å². The van der Waals surface area contributed by atoms with Crippen LogP contribution in [0.15, 0.2) is 17.6 Å². The van der Waals surface area contributed by atoms with E-state index in [-0.39, 0.29) is 0 Å². The number of nitrogens with zero attached hydrogens (tertiary/aromatic N) is 3. The molecule has 0 N–H and O–H groups in total. The van der Waals surface area contributed by atoms with Gasteiger partial charge in [-0.1, -0.05) is 0 Å². The summed E-state index contributed by atoms with van der Waals surface area (Å²) in [6, 6.07) is 3.43. The Morgan fingerprint density at radius 3 is 3.05 bits per heavy atom. The maximum Gasteiger partial charge on any atom is 0.125 e. The minimum atomic E-state index is 0.533. The van der Waals surface area contributed by atoms with Gasteiger partial charge in [0.25, 0.3) is 0 Å². The van der Waals surface area contributed by atoms with Gasteiger partial charge in [-0.25, -0.2) is 9.97 Å². The van der Waals surface area contributed by atoms with E-state index in [0.29, 0.717) is 12.1 Å². The maximum atomic E-state index is 4.67. The van der Waals surface area contributed by atoms with Crippen molar-refractivity contribution in [1.29, 1.82) is 0 Å². The van der Waals surface area contributed by atoms with Crippen LogP contribution < -0.4 is 0 Å². The quantitative estimate of drug-likeness (QED) is 0.846. The van der Waals surface area contributed by atoms with Crippen molar-refractivity contribution < 1.29 is 0 Å². The van der Waals surface area contributed by atoms with Crippen molar-refractivity contribution in [2.75, 3.05) is 0 Å². The van der Waals surface area contributed by atoms with E-state index in [9.17, 15) is 0 Å². The highest BCUT2D eigenvalue weighted by Crippen LogP contribution is 2.44. The zero-order chi connectivity index (χ0) is 13.7. The van der Waals surface area contributed by atoms with Gasteiger partial charge in [-0.05, 0) is 43.7 Å². The third kappa shape index (κ3) is 1.90. The zero-order valence-electron chi connectivity index (χ0n) is 12.0. The standard InChI is InChI=1S/C16H19N3S/c1-10-5-6-20-16(10)9-19-12-3-4-15(19)13-8-17-11(2)18-14(13)7-12/h5-6,8,12,15H,3-4,7,9H2,1-2H3/t12-,15-/m1/s1. The van der Waals surface area contributed by atoms with Crippen LogP contribution >= 0.6 is 11.3 Å². The molecule has 0 spiro atoms. The third-order valence-corrected chi connectivity index (χ3v) is 5.75. The van der Waals surface area contributed by atoms with Crippen LogP contribution in [0.4, 0.5) is 0 Å².